The van der Waals surface area contributed by atoms with E-state index in [1.807, 2.05) is 0 Å². The van der Waals surface area contributed by atoms with Gasteiger partial charge in [0.05, 0.1) is 18.8 Å². The summed E-state index contributed by atoms with van der Waals surface area (Å²) in [5, 5.41) is 0. The van der Waals surface area contributed by atoms with Crippen LogP contribution in [0.1, 0.15) is 32.1 Å². The second-order valence-electron chi connectivity index (χ2n) is 3.91. The Hall–Kier alpha value is -0.120. The lowest BCUT2D eigenvalue weighted by Crippen LogP contribution is -2.21. The van der Waals surface area contributed by atoms with E-state index in [9.17, 15) is 0 Å². The topological polar surface area (TPSA) is 44.5 Å². The van der Waals surface area contributed by atoms with Gasteiger partial charge in [0.25, 0.3) is 0 Å². The van der Waals surface area contributed by atoms with Crippen LogP contribution in [0.3, 0.4) is 0 Å². The molecular weight excluding hydrogens is 154 g/mol. The highest BCUT2D eigenvalue weighted by Crippen LogP contribution is 2.37. The van der Waals surface area contributed by atoms with Gasteiger partial charge in [0.2, 0.25) is 0 Å². The Morgan fingerprint density at radius 1 is 1.33 bits per heavy atom. The molecule has 3 nitrogen and oxygen atoms in total. The summed E-state index contributed by atoms with van der Waals surface area (Å²) in [6.45, 7) is 0.562. The maximum absolute atomic E-state index is 5.80. The quantitative estimate of drug-likeness (QED) is 0.635. The molecule has 1 aliphatic heterocycles. The van der Waals surface area contributed by atoms with Crippen molar-refractivity contribution in [3.63, 3.8) is 0 Å². The number of rotatable bonds is 2. The molecule has 2 rings (SSSR count). The first kappa shape index (κ1) is 8.48. The largest absolute Gasteiger partial charge is 0.372 e. The van der Waals surface area contributed by atoms with Gasteiger partial charge in [0, 0.05) is 0 Å². The van der Waals surface area contributed by atoms with E-state index in [2.05, 4.69) is 4.84 Å². The van der Waals surface area contributed by atoms with Crippen LogP contribution in [0.4, 0.5) is 0 Å². The Bertz CT molecular complexity index is 137. The summed E-state index contributed by atoms with van der Waals surface area (Å²) in [4.78, 5) is 4.61. The van der Waals surface area contributed by atoms with E-state index in [0.29, 0.717) is 12.7 Å². The molecule has 2 N–H and O–H groups in total. The predicted octanol–water partition coefficient (Wildman–Crippen LogP) is 1.22. The highest BCUT2D eigenvalue weighted by molar-refractivity contribution is 4.85. The minimum atomic E-state index is 0.267. The van der Waals surface area contributed by atoms with Crippen molar-refractivity contribution in [1.29, 1.82) is 0 Å². The van der Waals surface area contributed by atoms with E-state index in [0.717, 1.165) is 12.3 Å². The van der Waals surface area contributed by atoms with Gasteiger partial charge >= 0.3 is 0 Å². The first-order valence-electron chi connectivity index (χ1n) is 4.87. The molecule has 1 heterocycles. The summed E-state index contributed by atoms with van der Waals surface area (Å²) in [6.07, 6.45) is 7.22. The monoisotopic (exact) mass is 171 g/mol. The highest BCUT2D eigenvalue weighted by Gasteiger charge is 2.36. The fourth-order valence-electron chi connectivity index (χ4n) is 2.48. The summed E-state index contributed by atoms with van der Waals surface area (Å²) >= 11 is 0. The first-order chi connectivity index (χ1) is 5.90. The number of ether oxygens (including phenoxy) is 1. The van der Waals surface area contributed by atoms with Gasteiger partial charge in [0.15, 0.2) is 0 Å². The lowest BCUT2D eigenvalue weighted by molar-refractivity contribution is -0.0268. The molecule has 1 saturated heterocycles. The van der Waals surface area contributed by atoms with Crippen molar-refractivity contribution in [1.82, 2.24) is 0 Å². The van der Waals surface area contributed by atoms with Crippen LogP contribution in [-0.4, -0.2) is 18.8 Å². The van der Waals surface area contributed by atoms with Crippen molar-refractivity contribution < 1.29 is 9.57 Å². The van der Waals surface area contributed by atoms with Gasteiger partial charge in [-0.3, -0.25) is 0 Å². The van der Waals surface area contributed by atoms with Crippen molar-refractivity contribution in [3.05, 3.63) is 0 Å². The molecule has 0 amide bonds. The van der Waals surface area contributed by atoms with Crippen molar-refractivity contribution in [3.8, 4) is 0 Å². The van der Waals surface area contributed by atoms with Gasteiger partial charge in [-0.15, -0.1) is 0 Å². The fraction of sp³-hybridized carbons (Fsp3) is 1.00. The van der Waals surface area contributed by atoms with E-state index in [1.165, 1.54) is 25.7 Å². The van der Waals surface area contributed by atoms with Crippen molar-refractivity contribution in [2.45, 2.75) is 44.3 Å². The zero-order valence-corrected chi connectivity index (χ0v) is 7.37. The standard InChI is InChI=1S/C9H17NO2/c10-11-6-8-5-7-3-1-2-4-9(7)12-8/h7-9H,1-6,10H2. The second-order valence-corrected chi connectivity index (χ2v) is 3.91. The average Bonchev–Trinajstić information content (AvgIpc) is 2.47. The Balaban J connectivity index is 1.85. The van der Waals surface area contributed by atoms with Gasteiger partial charge in [-0.05, 0) is 25.2 Å². The summed E-state index contributed by atoms with van der Waals surface area (Å²) < 4.78 is 5.80. The molecule has 3 heteroatoms. The van der Waals surface area contributed by atoms with Crippen molar-refractivity contribution in [2.24, 2.45) is 11.8 Å². The van der Waals surface area contributed by atoms with Crippen LogP contribution in [0.15, 0.2) is 0 Å². The summed E-state index contributed by atoms with van der Waals surface area (Å²) in [7, 11) is 0. The average molecular weight is 171 g/mol. The number of hydrogen-bond acceptors (Lipinski definition) is 3. The van der Waals surface area contributed by atoms with Crippen molar-refractivity contribution >= 4 is 0 Å². The van der Waals surface area contributed by atoms with E-state index >= 15 is 0 Å². The van der Waals surface area contributed by atoms with Crippen LogP contribution in [0.5, 0.6) is 0 Å². The third-order valence-electron chi connectivity index (χ3n) is 3.05. The molecule has 2 fully saturated rings. The molecule has 1 saturated carbocycles. The molecule has 1 aliphatic carbocycles. The lowest BCUT2D eigenvalue weighted by atomic mass is 9.85. The molecule has 3 unspecified atom stereocenters. The van der Waals surface area contributed by atoms with Gasteiger partial charge in [-0.25, -0.2) is 5.90 Å². The smallest absolute Gasteiger partial charge is 0.0941 e. The van der Waals surface area contributed by atoms with Crippen molar-refractivity contribution in [2.75, 3.05) is 6.61 Å². The van der Waals surface area contributed by atoms with E-state index in [4.69, 9.17) is 10.6 Å². The van der Waals surface area contributed by atoms with Gasteiger partial charge < -0.3 is 9.57 Å². The Kier molecular flexibility index (Phi) is 2.63. The summed E-state index contributed by atoms with van der Waals surface area (Å²) in [5.41, 5.74) is 0. The molecule has 0 bridgehead atoms. The Morgan fingerprint density at radius 2 is 2.17 bits per heavy atom. The minimum absolute atomic E-state index is 0.267. The van der Waals surface area contributed by atoms with Gasteiger partial charge in [0.1, 0.15) is 0 Å². The number of fused-ring (bicyclic) bond motifs is 1. The molecule has 0 aromatic rings. The fourth-order valence-corrected chi connectivity index (χ4v) is 2.48. The van der Waals surface area contributed by atoms with Crippen LogP contribution >= 0.6 is 0 Å². The molecule has 2 aliphatic rings. The molecular formula is C9H17NO2. The normalized spacial score (nSPS) is 41.2. The zero-order chi connectivity index (χ0) is 8.39. The Labute approximate surface area is 73.2 Å². The predicted molar refractivity (Wildman–Crippen MR) is 45.4 cm³/mol. The van der Waals surface area contributed by atoms with E-state index < -0.39 is 0 Å². The summed E-state index contributed by atoms with van der Waals surface area (Å²) in [6, 6.07) is 0. The maximum Gasteiger partial charge on any atom is 0.0941 e. The lowest BCUT2D eigenvalue weighted by Gasteiger charge is -2.23. The van der Waals surface area contributed by atoms with Crippen LogP contribution in [0.25, 0.3) is 0 Å². The number of hydrogen-bond donors (Lipinski definition) is 1. The van der Waals surface area contributed by atoms with Crippen LogP contribution < -0.4 is 5.90 Å². The maximum atomic E-state index is 5.80. The zero-order valence-electron chi connectivity index (χ0n) is 7.37. The molecule has 3 atom stereocenters. The van der Waals surface area contributed by atoms with Crippen LogP contribution in [0, 0.1) is 5.92 Å². The van der Waals surface area contributed by atoms with E-state index in [-0.39, 0.29) is 6.10 Å². The third kappa shape index (κ3) is 1.63. The highest BCUT2D eigenvalue weighted by atomic mass is 16.6. The number of nitrogens with two attached hydrogens (primary N) is 1. The molecule has 0 aromatic carbocycles. The second kappa shape index (κ2) is 3.73. The van der Waals surface area contributed by atoms with Crippen LogP contribution in [0.2, 0.25) is 0 Å². The first-order valence-corrected chi connectivity index (χ1v) is 4.87. The van der Waals surface area contributed by atoms with Crippen LogP contribution in [-0.2, 0) is 9.57 Å². The van der Waals surface area contributed by atoms with Gasteiger partial charge in [-0.2, -0.15) is 0 Å². The molecule has 12 heavy (non-hydrogen) atoms. The Morgan fingerprint density at radius 3 is 2.92 bits per heavy atom. The summed E-state index contributed by atoms with van der Waals surface area (Å²) in [5.74, 6) is 5.81. The molecule has 0 aromatic heterocycles. The van der Waals surface area contributed by atoms with Gasteiger partial charge in [-0.1, -0.05) is 12.8 Å². The minimum Gasteiger partial charge on any atom is -0.372 e. The third-order valence-corrected chi connectivity index (χ3v) is 3.05. The molecule has 0 spiro atoms. The van der Waals surface area contributed by atoms with E-state index in [1.54, 1.807) is 0 Å². The molecule has 0 radical (unpaired) electrons. The SMILES string of the molecule is NOCC1CC2CCCCC2O1. The molecule has 70 valence electrons.